The molecule has 2 heterocycles. The number of nitrogens with zero attached hydrogens (tertiary/aromatic N) is 2. The van der Waals surface area contributed by atoms with Crippen LogP contribution in [-0.2, 0) is 30.2 Å². The van der Waals surface area contributed by atoms with Crippen LogP contribution >= 0.6 is 0 Å². The minimum atomic E-state index is -0.595. The van der Waals surface area contributed by atoms with Gasteiger partial charge in [-0.05, 0) is 50.0 Å². The molecule has 2 aliphatic heterocycles. The van der Waals surface area contributed by atoms with Crippen LogP contribution in [0.25, 0.3) is 0 Å². The number of methoxy groups -OCH3 is 2. The Morgan fingerprint density at radius 2 is 1.70 bits per heavy atom. The first-order valence-corrected chi connectivity index (χ1v) is 9.20. The van der Waals surface area contributed by atoms with Crippen LogP contribution in [0, 0.1) is 0 Å². The molecule has 0 aromatic heterocycles. The fourth-order valence-corrected chi connectivity index (χ4v) is 3.48. The van der Waals surface area contributed by atoms with E-state index in [1.165, 1.54) is 45.7 Å². The molecule has 27 heavy (non-hydrogen) atoms. The lowest BCUT2D eigenvalue weighted by molar-refractivity contribution is -0.140. The van der Waals surface area contributed by atoms with Gasteiger partial charge in [0.25, 0.3) is 0 Å². The Hall–Kier alpha value is -2.38. The van der Waals surface area contributed by atoms with Crippen molar-refractivity contribution >= 4 is 17.6 Å². The minimum Gasteiger partial charge on any atom is -0.466 e. The number of esters is 2. The van der Waals surface area contributed by atoms with Gasteiger partial charge in [0.2, 0.25) is 0 Å². The smallest absolute Gasteiger partial charge is 0.355 e. The Bertz CT molecular complexity index is 708. The summed E-state index contributed by atoms with van der Waals surface area (Å²) >= 11 is 0. The molecule has 7 heteroatoms. The SMILES string of the molecule is COC(=O)C1=C(C(=O)OC)N(c2ccc(CCN3CCCC3)cc2)COC1. The zero-order valence-electron chi connectivity index (χ0n) is 15.9. The topological polar surface area (TPSA) is 68.3 Å². The fourth-order valence-electron chi connectivity index (χ4n) is 3.48. The largest absolute Gasteiger partial charge is 0.466 e. The van der Waals surface area contributed by atoms with E-state index >= 15 is 0 Å². The molecule has 146 valence electrons. The summed E-state index contributed by atoms with van der Waals surface area (Å²) in [7, 11) is 2.57. The first-order valence-electron chi connectivity index (χ1n) is 9.20. The summed E-state index contributed by atoms with van der Waals surface area (Å²) in [5.74, 6) is -1.18. The Morgan fingerprint density at radius 1 is 1.04 bits per heavy atom. The summed E-state index contributed by atoms with van der Waals surface area (Å²) < 4.78 is 15.2. The number of anilines is 1. The highest BCUT2D eigenvalue weighted by molar-refractivity contribution is 6.03. The molecule has 3 rings (SSSR count). The van der Waals surface area contributed by atoms with Gasteiger partial charge in [-0.1, -0.05) is 12.1 Å². The Labute approximate surface area is 159 Å². The number of carbonyl (C=O) groups is 2. The molecule has 0 N–H and O–H groups in total. The molecular weight excluding hydrogens is 348 g/mol. The third-order valence-corrected chi connectivity index (χ3v) is 5.00. The normalized spacial score (nSPS) is 17.9. The molecule has 0 unspecified atom stereocenters. The monoisotopic (exact) mass is 374 g/mol. The molecular formula is C20H26N2O5. The van der Waals surface area contributed by atoms with E-state index < -0.39 is 11.9 Å². The number of hydrogen-bond donors (Lipinski definition) is 0. The molecule has 0 saturated carbocycles. The number of hydrogen-bond acceptors (Lipinski definition) is 7. The highest BCUT2D eigenvalue weighted by Crippen LogP contribution is 2.27. The van der Waals surface area contributed by atoms with Crippen LogP contribution in [0.15, 0.2) is 35.5 Å². The van der Waals surface area contributed by atoms with E-state index in [0.717, 1.165) is 18.7 Å². The van der Waals surface area contributed by atoms with Gasteiger partial charge in [-0.25, -0.2) is 9.59 Å². The number of benzene rings is 1. The Kier molecular flexibility index (Phi) is 6.47. The molecule has 7 nitrogen and oxygen atoms in total. The summed E-state index contributed by atoms with van der Waals surface area (Å²) in [6.07, 6.45) is 3.57. The van der Waals surface area contributed by atoms with Crippen molar-refractivity contribution in [2.24, 2.45) is 0 Å². The van der Waals surface area contributed by atoms with Crippen LogP contribution in [0.2, 0.25) is 0 Å². The second kappa shape index (κ2) is 9.01. The van der Waals surface area contributed by atoms with Crippen LogP contribution in [-0.4, -0.2) is 64.0 Å². The molecule has 0 amide bonds. The highest BCUT2D eigenvalue weighted by Gasteiger charge is 2.32. The predicted octanol–water partition coefficient (Wildman–Crippen LogP) is 1.72. The van der Waals surface area contributed by atoms with Gasteiger partial charge < -0.3 is 24.0 Å². The molecule has 0 aliphatic carbocycles. The van der Waals surface area contributed by atoms with Crippen LogP contribution in [0.4, 0.5) is 5.69 Å². The molecule has 0 spiro atoms. The Balaban J connectivity index is 1.78. The van der Waals surface area contributed by atoms with E-state index in [0.29, 0.717) is 0 Å². The summed E-state index contributed by atoms with van der Waals surface area (Å²) in [6, 6.07) is 7.97. The van der Waals surface area contributed by atoms with Crippen LogP contribution in [0.1, 0.15) is 18.4 Å². The maximum absolute atomic E-state index is 12.3. The number of carbonyl (C=O) groups excluding carboxylic acids is 2. The van der Waals surface area contributed by atoms with E-state index in [4.69, 9.17) is 14.2 Å². The molecule has 1 aromatic carbocycles. The van der Waals surface area contributed by atoms with Gasteiger partial charge in [0.15, 0.2) is 0 Å². The third-order valence-electron chi connectivity index (χ3n) is 5.00. The van der Waals surface area contributed by atoms with E-state index in [2.05, 4.69) is 4.90 Å². The average Bonchev–Trinajstić information content (AvgIpc) is 3.24. The van der Waals surface area contributed by atoms with Gasteiger partial charge >= 0.3 is 11.9 Å². The molecule has 1 saturated heterocycles. The zero-order chi connectivity index (χ0) is 19.2. The van der Waals surface area contributed by atoms with Crippen molar-refractivity contribution in [1.82, 2.24) is 4.90 Å². The molecule has 0 atom stereocenters. The second-order valence-electron chi connectivity index (χ2n) is 6.68. The van der Waals surface area contributed by atoms with Crippen molar-refractivity contribution in [3.05, 3.63) is 41.1 Å². The number of ether oxygens (including phenoxy) is 3. The number of likely N-dealkylation sites (tertiary alicyclic amines) is 1. The van der Waals surface area contributed by atoms with Gasteiger partial charge in [-0.15, -0.1) is 0 Å². The summed E-state index contributed by atoms with van der Waals surface area (Å²) in [6.45, 7) is 3.62. The average molecular weight is 374 g/mol. The van der Waals surface area contributed by atoms with Gasteiger partial charge in [0, 0.05) is 12.2 Å². The van der Waals surface area contributed by atoms with E-state index in [1.54, 1.807) is 4.90 Å². The molecule has 0 bridgehead atoms. The van der Waals surface area contributed by atoms with Crippen LogP contribution < -0.4 is 4.90 Å². The van der Waals surface area contributed by atoms with E-state index in [-0.39, 0.29) is 24.6 Å². The van der Waals surface area contributed by atoms with Crippen molar-refractivity contribution in [3.8, 4) is 0 Å². The summed E-state index contributed by atoms with van der Waals surface area (Å²) in [4.78, 5) is 28.5. The lowest BCUT2D eigenvalue weighted by Crippen LogP contribution is -2.38. The minimum absolute atomic E-state index is 0.0154. The van der Waals surface area contributed by atoms with Crippen molar-refractivity contribution in [1.29, 1.82) is 0 Å². The van der Waals surface area contributed by atoms with Crippen LogP contribution in [0.3, 0.4) is 0 Å². The van der Waals surface area contributed by atoms with Crippen molar-refractivity contribution < 1.29 is 23.8 Å². The summed E-state index contributed by atoms with van der Waals surface area (Å²) in [5.41, 5.74) is 2.33. The molecule has 1 fully saturated rings. The lowest BCUT2D eigenvalue weighted by Gasteiger charge is -2.31. The van der Waals surface area contributed by atoms with Gasteiger partial charge in [0.1, 0.15) is 12.4 Å². The van der Waals surface area contributed by atoms with E-state index in [1.807, 2.05) is 24.3 Å². The van der Waals surface area contributed by atoms with Crippen molar-refractivity contribution in [2.75, 3.05) is 52.1 Å². The first-order chi connectivity index (χ1) is 13.1. The van der Waals surface area contributed by atoms with Gasteiger partial charge in [0.05, 0.1) is 26.4 Å². The summed E-state index contributed by atoms with van der Waals surface area (Å²) in [5, 5.41) is 0. The second-order valence-corrected chi connectivity index (χ2v) is 6.68. The molecule has 0 radical (unpaired) electrons. The predicted molar refractivity (Wildman–Crippen MR) is 100 cm³/mol. The van der Waals surface area contributed by atoms with Gasteiger partial charge in [-0.3, -0.25) is 0 Å². The quantitative estimate of drug-likeness (QED) is 0.702. The zero-order valence-corrected chi connectivity index (χ0v) is 15.9. The van der Waals surface area contributed by atoms with Crippen molar-refractivity contribution in [3.63, 3.8) is 0 Å². The van der Waals surface area contributed by atoms with Crippen molar-refractivity contribution in [2.45, 2.75) is 19.3 Å². The fraction of sp³-hybridized carbons (Fsp3) is 0.500. The standard InChI is InChI=1S/C20H26N2O5/c1-25-19(23)17-13-27-14-22(18(17)20(24)26-2)16-7-5-15(6-8-16)9-12-21-10-3-4-11-21/h5-8H,3-4,9-14H2,1-2H3. The van der Waals surface area contributed by atoms with Crippen LogP contribution in [0.5, 0.6) is 0 Å². The Morgan fingerprint density at radius 3 is 2.33 bits per heavy atom. The third kappa shape index (κ3) is 4.48. The molecule has 2 aliphatic rings. The first kappa shape index (κ1) is 19.4. The lowest BCUT2D eigenvalue weighted by atomic mass is 10.1. The van der Waals surface area contributed by atoms with E-state index in [9.17, 15) is 9.59 Å². The number of rotatable bonds is 6. The maximum atomic E-state index is 12.3. The van der Waals surface area contributed by atoms with Gasteiger partial charge in [-0.2, -0.15) is 0 Å². The molecule has 1 aromatic rings. The highest BCUT2D eigenvalue weighted by atomic mass is 16.5. The maximum Gasteiger partial charge on any atom is 0.355 e.